The Bertz CT molecular complexity index is 1020. The number of oxime groups is 1. The lowest BCUT2D eigenvalue weighted by Crippen LogP contribution is -1.93. The molecule has 0 aliphatic heterocycles. The van der Waals surface area contributed by atoms with Crippen molar-refractivity contribution in [1.29, 1.82) is 0 Å². The van der Waals surface area contributed by atoms with Crippen molar-refractivity contribution in [1.82, 2.24) is 15.0 Å². The van der Waals surface area contributed by atoms with Crippen LogP contribution in [0.15, 0.2) is 62.5 Å². The molecule has 5 nitrogen and oxygen atoms in total. The third-order valence-electron chi connectivity index (χ3n) is 3.33. The minimum absolute atomic E-state index is 0.581. The number of hydrogen-bond donors (Lipinski definition) is 1. The number of thiazole rings is 1. The molecule has 0 spiro atoms. The van der Waals surface area contributed by atoms with Crippen LogP contribution in [-0.2, 0) is 0 Å². The van der Waals surface area contributed by atoms with E-state index < -0.39 is 0 Å². The monoisotopic (exact) mass is 338 g/mol. The Morgan fingerprint density at radius 2 is 2.09 bits per heavy atom. The molecule has 4 rings (SSSR count). The van der Waals surface area contributed by atoms with Gasteiger partial charge in [0.1, 0.15) is 0 Å². The maximum Gasteiger partial charge on any atom is 0.154 e. The van der Waals surface area contributed by atoms with Gasteiger partial charge >= 0.3 is 0 Å². The van der Waals surface area contributed by atoms with E-state index in [1.807, 2.05) is 35.7 Å². The fourth-order valence-corrected chi connectivity index (χ4v) is 4.12. The number of benzene rings is 1. The third-order valence-corrected chi connectivity index (χ3v) is 5.27. The van der Waals surface area contributed by atoms with E-state index in [0.29, 0.717) is 5.69 Å². The molecule has 0 atom stereocenters. The molecular weight excluding hydrogens is 328 g/mol. The molecule has 0 aliphatic carbocycles. The van der Waals surface area contributed by atoms with Gasteiger partial charge in [0.25, 0.3) is 0 Å². The van der Waals surface area contributed by atoms with E-state index in [1.165, 1.54) is 6.21 Å². The van der Waals surface area contributed by atoms with Crippen molar-refractivity contribution >= 4 is 51.1 Å². The molecule has 0 aliphatic rings. The van der Waals surface area contributed by atoms with Crippen molar-refractivity contribution in [3.63, 3.8) is 0 Å². The largest absolute Gasteiger partial charge is 0.411 e. The van der Waals surface area contributed by atoms with Crippen molar-refractivity contribution in [2.24, 2.45) is 5.16 Å². The second kappa shape index (κ2) is 5.94. The molecule has 0 saturated heterocycles. The smallest absolute Gasteiger partial charge is 0.154 e. The first-order valence-electron chi connectivity index (χ1n) is 6.78. The molecule has 23 heavy (non-hydrogen) atoms. The molecule has 1 aromatic carbocycles. The molecule has 0 unspecified atom stereocenters. The van der Waals surface area contributed by atoms with Gasteiger partial charge in [0, 0.05) is 33.4 Å². The molecule has 0 amide bonds. The fraction of sp³-hybridized carbons (Fsp3) is 0. The van der Waals surface area contributed by atoms with Crippen molar-refractivity contribution in [3.8, 4) is 0 Å². The quantitative estimate of drug-likeness (QED) is 0.262. The zero-order valence-electron chi connectivity index (χ0n) is 11.7. The highest BCUT2D eigenvalue weighted by molar-refractivity contribution is 8.01. The highest BCUT2D eigenvalue weighted by Crippen LogP contribution is 2.36. The second-order valence-electron chi connectivity index (χ2n) is 4.73. The van der Waals surface area contributed by atoms with Crippen molar-refractivity contribution in [2.45, 2.75) is 9.24 Å². The minimum Gasteiger partial charge on any atom is -0.411 e. The average Bonchev–Trinajstić information content (AvgIpc) is 3.08. The van der Waals surface area contributed by atoms with E-state index in [4.69, 9.17) is 5.21 Å². The lowest BCUT2D eigenvalue weighted by Gasteiger charge is -2.08. The third kappa shape index (κ3) is 2.64. The van der Waals surface area contributed by atoms with Crippen molar-refractivity contribution < 1.29 is 5.21 Å². The summed E-state index contributed by atoms with van der Waals surface area (Å²) >= 11 is 3.15. The SMILES string of the molecule is O/N=C/c1cc(Sc2nccs2)c2ccc3cccnc3c2n1. The molecular formula is C16H10N4OS2. The summed E-state index contributed by atoms with van der Waals surface area (Å²) in [5.41, 5.74) is 2.20. The molecule has 112 valence electrons. The second-order valence-corrected chi connectivity index (χ2v) is 6.91. The van der Waals surface area contributed by atoms with Crippen LogP contribution in [0.4, 0.5) is 0 Å². The summed E-state index contributed by atoms with van der Waals surface area (Å²) in [6, 6.07) is 9.88. The highest BCUT2D eigenvalue weighted by Gasteiger charge is 2.11. The zero-order chi connectivity index (χ0) is 15.6. The summed E-state index contributed by atoms with van der Waals surface area (Å²) in [6.07, 6.45) is 4.86. The minimum atomic E-state index is 0.581. The number of hydrogen-bond acceptors (Lipinski definition) is 7. The molecule has 0 fully saturated rings. The lowest BCUT2D eigenvalue weighted by molar-refractivity contribution is 0.321. The Morgan fingerprint density at radius 3 is 2.91 bits per heavy atom. The van der Waals surface area contributed by atoms with E-state index in [-0.39, 0.29) is 0 Å². The first-order valence-corrected chi connectivity index (χ1v) is 8.48. The molecule has 3 aromatic heterocycles. The Morgan fingerprint density at radius 1 is 1.13 bits per heavy atom. The van der Waals surface area contributed by atoms with Gasteiger partial charge in [-0.2, -0.15) is 0 Å². The maximum absolute atomic E-state index is 8.85. The van der Waals surface area contributed by atoms with E-state index in [0.717, 1.165) is 31.0 Å². The van der Waals surface area contributed by atoms with E-state index >= 15 is 0 Å². The van der Waals surface area contributed by atoms with Crippen LogP contribution < -0.4 is 0 Å². The van der Waals surface area contributed by atoms with E-state index in [9.17, 15) is 0 Å². The predicted octanol–water partition coefficient (Wildman–Crippen LogP) is 4.20. The van der Waals surface area contributed by atoms with Crippen LogP contribution in [0, 0.1) is 0 Å². The Hall–Kier alpha value is -2.51. The molecule has 3 heterocycles. The van der Waals surface area contributed by atoms with Crippen LogP contribution in [0.25, 0.3) is 21.8 Å². The number of nitrogens with zero attached hydrogens (tertiary/aromatic N) is 4. The average molecular weight is 338 g/mol. The summed E-state index contributed by atoms with van der Waals surface area (Å²) in [4.78, 5) is 14.4. The summed E-state index contributed by atoms with van der Waals surface area (Å²) in [6.45, 7) is 0. The van der Waals surface area contributed by atoms with Gasteiger partial charge < -0.3 is 5.21 Å². The Balaban J connectivity index is 2.01. The Kier molecular flexibility index (Phi) is 3.64. The summed E-state index contributed by atoms with van der Waals surface area (Å²) in [5.74, 6) is 0. The van der Waals surface area contributed by atoms with Gasteiger partial charge in [0.05, 0.1) is 22.9 Å². The van der Waals surface area contributed by atoms with E-state index in [2.05, 4.69) is 20.1 Å². The maximum atomic E-state index is 8.85. The number of fused-ring (bicyclic) bond motifs is 3. The van der Waals surface area contributed by atoms with Gasteiger partial charge in [-0.15, -0.1) is 11.3 Å². The predicted molar refractivity (Wildman–Crippen MR) is 92.7 cm³/mol. The van der Waals surface area contributed by atoms with Crippen molar-refractivity contribution in [2.75, 3.05) is 0 Å². The molecule has 0 saturated carbocycles. The standard InChI is InChI=1S/C16H10N4OS2/c21-19-9-11-8-13(23-16-18-6-7-22-16)12-4-3-10-2-1-5-17-14(10)15(12)20-11/h1-9,21H/b19-9+. The summed E-state index contributed by atoms with van der Waals surface area (Å²) in [7, 11) is 0. The van der Waals surface area contributed by atoms with Gasteiger partial charge in [0.2, 0.25) is 0 Å². The number of aromatic nitrogens is 3. The van der Waals surface area contributed by atoms with Gasteiger partial charge in [0.15, 0.2) is 4.34 Å². The molecule has 0 radical (unpaired) electrons. The van der Waals surface area contributed by atoms with E-state index in [1.54, 1.807) is 35.5 Å². The van der Waals surface area contributed by atoms with Gasteiger partial charge in [-0.3, -0.25) is 4.98 Å². The zero-order valence-corrected chi connectivity index (χ0v) is 13.4. The van der Waals surface area contributed by atoms with Crippen LogP contribution in [0.2, 0.25) is 0 Å². The normalized spacial score (nSPS) is 11.7. The lowest BCUT2D eigenvalue weighted by atomic mass is 10.1. The molecule has 4 aromatic rings. The van der Waals surface area contributed by atoms with Gasteiger partial charge in [-0.25, -0.2) is 9.97 Å². The van der Waals surface area contributed by atoms with Gasteiger partial charge in [-0.05, 0) is 12.1 Å². The molecule has 7 heteroatoms. The summed E-state index contributed by atoms with van der Waals surface area (Å²) < 4.78 is 0.950. The van der Waals surface area contributed by atoms with Crippen LogP contribution in [0.3, 0.4) is 0 Å². The fourth-order valence-electron chi connectivity index (χ4n) is 2.38. The van der Waals surface area contributed by atoms with Crippen LogP contribution in [0.5, 0.6) is 0 Å². The van der Waals surface area contributed by atoms with Crippen LogP contribution in [-0.4, -0.2) is 26.4 Å². The van der Waals surface area contributed by atoms with Gasteiger partial charge in [-0.1, -0.05) is 35.1 Å². The molecule has 0 bridgehead atoms. The topological polar surface area (TPSA) is 71.3 Å². The number of rotatable bonds is 3. The Labute approximate surface area is 139 Å². The first-order chi connectivity index (χ1) is 11.3. The summed E-state index contributed by atoms with van der Waals surface area (Å²) in [5, 5.41) is 15.9. The van der Waals surface area contributed by atoms with Crippen LogP contribution in [0.1, 0.15) is 5.69 Å². The van der Waals surface area contributed by atoms with Crippen LogP contribution >= 0.6 is 23.1 Å². The molecule has 1 N–H and O–H groups in total. The number of pyridine rings is 2. The first kappa shape index (κ1) is 14.1. The van der Waals surface area contributed by atoms with Crippen molar-refractivity contribution in [3.05, 3.63) is 53.8 Å². The highest BCUT2D eigenvalue weighted by atomic mass is 32.2.